The quantitative estimate of drug-likeness (QED) is 0.572. The van der Waals surface area contributed by atoms with Crippen LogP contribution in [0.1, 0.15) is 15.9 Å². The van der Waals surface area contributed by atoms with E-state index >= 15 is 0 Å². The molecule has 0 spiro atoms. The van der Waals surface area contributed by atoms with Gasteiger partial charge in [-0.1, -0.05) is 30.0 Å². The van der Waals surface area contributed by atoms with E-state index in [-0.39, 0.29) is 15.6 Å². The van der Waals surface area contributed by atoms with E-state index in [0.717, 1.165) is 16.8 Å². The van der Waals surface area contributed by atoms with E-state index in [1.807, 2.05) is 0 Å². The number of nitrogens with zero attached hydrogens (tertiary/aromatic N) is 1. The maximum atomic E-state index is 12.7. The summed E-state index contributed by atoms with van der Waals surface area (Å²) in [6, 6.07) is 11.3. The van der Waals surface area contributed by atoms with Crippen molar-refractivity contribution in [2.75, 3.05) is 14.2 Å². The van der Waals surface area contributed by atoms with Crippen molar-refractivity contribution in [1.29, 1.82) is 0 Å². The Morgan fingerprint density at radius 1 is 1.18 bits per heavy atom. The molecule has 28 heavy (non-hydrogen) atoms. The van der Waals surface area contributed by atoms with Crippen molar-refractivity contribution < 1.29 is 24.2 Å². The monoisotopic (exact) mass is 416 g/mol. The third kappa shape index (κ3) is 3.95. The minimum absolute atomic E-state index is 0.0421. The first-order valence-electron chi connectivity index (χ1n) is 8.03. The molecule has 0 bridgehead atoms. The van der Waals surface area contributed by atoms with Crippen molar-refractivity contribution in [1.82, 2.24) is 10.4 Å². The van der Waals surface area contributed by atoms with Crippen molar-refractivity contribution >= 4 is 46.2 Å². The topological polar surface area (TPSA) is 88.1 Å². The lowest BCUT2D eigenvalue weighted by atomic mass is 10.2. The van der Waals surface area contributed by atoms with Crippen LogP contribution in [-0.2, 0) is 4.79 Å². The second-order valence-electron chi connectivity index (χ2n) is 5.59. The van der Waals surface area contributed by atoms with Crippen LogP contribution in [0, 0.1) is 0 Å². The maximum Gasteiger partial charge on any atom is 0.285 e. The van der Waals surface area contributed by atoms with Gasteiger partial charge in [0.05, 0.1) is 24.7 Å². The zero-order valence-corrected chi connectivity index (χ0v) is 16.6. The lowest BCUT2D eigenvalue weighted by Crippen LogP contribution is -2.44. The third-order valence-electron chi connectivity index (χ3n) is 3.86. The molecule has 144 valence electrons. The summed E-state index contributed by atoms with van der Waals surface area (Å²) in [4.78, 5) is 25.4. The molecule has 0 atom stereocenters. The molecule has 0 aliphatic carbocycles. The molecule has 1 fully saturated rings. The molecule has 1 aliphatic rings. The van der Waals surface area contributed by atoms with Gasteiger partial charge in [-0.05, 0) is 48.1 Å². The number of hydrogen-bond acceptors (Lipinski definition) is 7. The average Bonchev–Trinajstić information content (AvgIpc) is 2.95. The molecule has 9 heteroatoms. The Kier molecular flexibility index (Phi) is 5.86. The van der Waals surface area contributed by atoms with Gasteiger partial charge in [0.25, 0.3) is 11.8 Å². The number of phenols is 1. The van der Waals surface area contributed by atoms with Crippen LogP contribution >= 0.6 is 24.0 Å². The number of hydrogen-bond donors (Lipinski definition) is 2. The van der Waals surface area contributed by atoms with Gasteiger partial charge in [-0.2, -0.15) is 5.01 Å². The van der Waals surface area contributed by atoms with Crippen LogP contribution in [-0.4, -0.2) is 40.5 Å². The molecule has 0 aromatic heterocycles. The molecule has 0 radical (unpaired) electrons. The fourth-order valence-corrected chi connectivity index (χ4v) is 3.66. The SMILES string of the molecule is COc1ccc(/C=C2\SC(=S)N(NC(=O)c3ccccc3O)C2=O)cc1OC. The normalized spacial score (nSPS) is 15.1. The Balaban J connectivity index is 1.81. The number of carbonyl (C=O) groups is 2. The predicted octanol–water partition coefficient (Wildman–Crippen LogP) is 2.96. The number of nitrogens with one attached hydrogen (secondary N) is 1. The van der Waals surface area contributed by atoms with Crippen LogP contribution in [0.2, 0.25) is 0 Å². The summed E-state index contributed by atoms with van der Waals surface area (Å²) in [5.74, 6) is -0.191. The first-order chi connectivity index (χ1) is 13.4. The molecule has 1 saturated heterocycles. The lowest BCUT2D eigenvalue weighted by molar-refractivity contribution is -0.123. The number of thioether (sulfide) groups is 1. The van der Waals surface area contributed by atoms with Crippen LogP contribution in [0.3, 0.4) is 0 Å². The van der Waals surface area contributed by atoms with E-state index in [4.69, 9.17) is 21.7 Å². The van der Waals surface area contributed by atoms with Gasteiger partial charge in [0, 0.05) is 0 Å². The molecular weight excluding hydrogens is 400 g/mol. The number of hydrazine groups is 1. The van der Waals surface area contributed by atoms with Crippen molar-refractivity contribution in [3.63, 3.8) is 0 Å². The van der Waals surface area contributed by atoms with Gasteiger partial charge in [0.15, 0.2) is 15.8 Å². The Morgan fingerprint density at radius 2 is 1.89 bits per heavy atom. The van der Waals surface area contributed by atoms with Gasteiger partial charge in [0.2, 0.25) is 0 Å². The number of phenolic OH excluding ortho intramolecular Hbond substituents is 1. The number of rotatable bonds is 5. The molecule has 1 aliphatic heterocycles. The summed E-state index contributed by atoms with van der Waals surface area (Å²) >= 11 is 6.27. The smallest absolute Gasteiger partial charge is 0.285 e. The molecule has 1 heterocycles. The highest BCUT2D eigenvalue weighted by molar-refractivity contribution is 8.26. The van der Waals surface area contributed by atoms with E-state index in [2.05, 4.69) is 5.43 Å². The van der Waals surface area contributed by atoms with Crippen LogP contribution in [0.25, 0.3) is 6.08 Å². The highest BCUT2D eigenvalue weighted by atomic mass is 32.2. The third-order valence-corrected chi connectivity index (χ3v) is 5.16. The predicted molar refractivity (Wildman–Crippen MR) is 110 cm³/mol. The number of aromatic hydroxyl groups is 1. The molecule has 2 N–H and O–H groups in total. The Hall–Kier alpha value is -3.04. The van der Waals surface area contributed by atoms with E-state index in [1.54, 1.807) is 36.4 Å². The Morgan fingerprint density at radius 3 is 2.57 bits per heavy atom. The summed E-state index contributed by atoms with van der Waals surface area (Å²) in [7, 11) is 3.06. The van der Waals surface area contributed by atoms with Gasteiger partial charge >= 0.3 is 0 Å². The highest BCUT2D eigenvalue weighted by Gasteiger charge is 2.34. The van der Waals surface area contributed by atoms with Crippen LogP contribution in [0.5, 0.6) is 17.2 Å². The van der Waals surface area contributed by atoms with Gasteiger partial charge in [-0.15, -0.1) is 0 Å². The molecule has 3 rings (SSSR count). The zero-order valence-electron chi connectivity index (χ0n) is 15.0. The maximum absolute atomic E-state index is 12.7. The average molecular weight is 416 g/mol. The van der Waals surface area contributed by atoms with Crippen LogP contribution in [0.4, 0.5) is 0 Å². The summed E-state index contributed by atoms with van der Waals surface area (Å²) in [5.41, 5.74) is 3.18. The van der Waals surface area contributed by atoms with Gasteiger partial charge < -0.3 is 14.6 Å². The molecule has 2 aromatic carbocycles. The van der Waals surface area contributed by atoms with Crippen molar-refractivity contribution in [3.05, 3.63) is 58.5 Å². The van der Waals surface area contributed by atoms with Crippen LogP contribution < -0.4 is 14.9 Å². The fourth-order valence-electron chi connectivity index (χ4n) is 2.49. The minimum atomic E-state index is -0.637. The second kappa shape index (κ2) is 8.32. The van der Waals surface area contributed by atoms with Crippen molar-refractivity contribution in [3.8, 4) is 17.2 Å². The summed E-state index contributed by atoms with van der Waals surface area (Å²) < 4.78 is 10.6. The summed E-state index contributed by atoms with van der Waals surface area (Å²) in [6.07, 6.45) is 1.65. The molecule has 2 aromatic rings. The van der Waals surface area contributed by atoms with E-state index in [1.165, 1.54) is 26.4 Å². The lowest BCUT2D eigenvalue weighted by Gasteiger charge is -2.16. The Labute approximate surface area is 170 Å². The first-order valence-corrected chi connectivity index (χ1v) is 9.26. The standard InChI is InChI=1S/C19H16N2O5S2/c1-25-14-8-7-11(9-15(14)26-2)10-16-18(24)21(19(27)28-16)20-17(23)12-5-3-4-6-13(12)22/h3-10,22H,1-2H3,(H,20,23)/b16-10-. The minimum Gasteiger partial charge on any atom is -0.507 e. The zero-order chi connectivity index (χ0) is 20.3. The van der Waals surface area contributed by atoms with E-state index < -0.39 is 11.8 Å². The largest absolute Gasteiger partial charge is 0.507 e. The second-order valence-corrected chi connectivity index (χ2v) is 7.27. The van der Waals surface area contributed by atoms with Gasteiger partial charge in [-0.25, -0.2) is 0 Å². The molecule has 0 saturated carbocycles. The summed E-state index contributed by atoms with van der Waals surface area (Å²) in [6.45, 7) is 0. The van der Waals surface area contributed by atoms with Gasteiger partial charge in [-0.3, -0.25) is 15.0 Å². The number of thiocarbonyl (C=S) groups is 1. The number of para-hydroxylation sites is 1. The van der Waals surface area contributed by atoms with E-state index in [0.29, 0.717) is 22.0 Å². The number of carbonyl (C=O) groups excluding carboxylic acids is 2. The fraction of sp³-hybridized carbons (Fsp3) is 0.105. The first kappa shape index (κ1) is 19.7. The summed E-state index contributed by atoms with van der Waals surface area (Å²) in [5, 5.41) is 10.8. The number of amides is 2. The molecule has 7 nitrogen and oxygen atoms in total. The van der Waals surface area contributed by atoms with E-state index in [9.17, 15) is 14.7 Å². The molecule has 2 amide bonds. The van der Waals surface area contributed by atoms with Crippen molar-refractivity contribution in [2.24, 2.45) is 0 Å². The van der Waals surface area contributed by atoms with Crippen LogP contribution in [0.15, 0.2) is 47.4 Å². The molecular formula is C19H16N2O5S2. The van der Waals surface area contributed by atoms with Gasteiger partial charge in [0.1, 0.15) is 5.75 Å². The Bertz CT molecular complexity index is 990. The highest BCUT2D eigenvalue weighted by Crippen LogP contribution is 2.34. The molecule has 0 unspecified atom stereocenters. The number of ether oxygens (including phenoxy) is 2. The number of methoxy groups -OCH3 is 2. The van der Waals surface area contributed by atoms with Crippen molar-refractivity contribution in [2.45, 2.75) is 0 Å². The number of benzene rings is 2.